The highest BCUT2D eigenvalue weighted by atomic mass is 16.1. The van der Waals surface area contributed by atoms with Gasteiger partial charge in [0, 0.05) is 31.4 Å². The van der Waals surface area contributed by atoms with Crippen LogP contribution in [0.15, 0.2) is 25.0 Å². The van der Waals surface area contributed by atoms with Gasteiger partial charge in [0.1, 0.15) is 12.1 Å². The van der Waals surface area contributed by atoms with Crippen molar-refractivity contribution in [2.75, 3.05) is 24.5 Å². The first-order valence-electron chi connectivity index (χ1n) is 7.19. The van der Waals surface area contributed by atoms with Crippen molar-refractivity contribution in [3.8, 4) is 0 Å². The van der Waals surface area contributed by atoms with Crippen molar-refractivity contribution in [3.63, 3.8) is 0 Å². The topological polar surface area (TPSA) is 58.1 Å². The third kappa shape index (κ3) is 3.79. The first kappa shape index (κ1) is 14.5. The average Bonchev–Trinajstić information content (AvgIpc) is 2.53. The number of aromatic nitrogens is 2. The van der Waals surface area contributed by atoms with E-state index in [1.807, 2.05) is 0 Å². The van der Waals surface area contributed by atoms with E-state index in [2.05, 4.69) is 39.8 Å². The Kier molecular flexibility index (Phi) is 5.09. The molecule has 1 atom stereocenters. The molecule has 2 rings (SSSR count). The van der Waals surface area contributed by atoms with Crippen LogP contribution in [0.4, 0.5) is 5.82 Å². The molecule has 1 aromatic heterocycles. The molecule has 1 fully saturated rings. The molecule has 1 amide bonds. The van der Waals surface area contributed by atoms with E-state index in [0.29, 0.717) is 12.5 Å². The van der Waals surface area contributed by atoms with Gasteiger partial charge in [-0.05, 0) is 31.3 Å². The standard InChI is InChI=1S/C15H22N4O/c1-3-13-8-14(18-11-17-13)19-7-5-6-12(10-19)9-16-15(20)4-2/h4,8,11-12H,2-3,5-7,9-10H2,1H3,(H,16,20). The van der Waals surface area contributed by atoms with Gasteiger partial charge in [0.2, 0.25) is 5.91 Å². The Hall–Kier alpha value is -1.91. The number of rotatable bonds is 5. The van der Waals surface area contributed by atoms with Crippen molar-refractivity contribution < 1.29 is 4.79 Å². The predicted octanol–water partition coefficient (Wildman–Crippen LogP) is 1.56. The first-order valence-corrected chi connectivity index (χ1v) is 7.19. The molecule has 0 radical (unpaired) electrons. The second-order valence-electron chi connectivity index (χ2n) is 5.12. The van der Waals surface area contributed by atoms with Gasteiger partial charge in [-0.2, -0.15) is 0 Å². The smallest absolute Gasteiger partial charge is 0.243 e. The minimum Gasteiger partial charge on any atom is -0.356 e. The van der Waals surface area contributed by atoms with Crippen molar-refractivity contribution in [3.05, 3.63) is 30.7 Å². The van der Waals surface area contributed by atoms with Crippen LogP contribution in [-0.2, 0) is 11.2 Å². The van der Waals surface area contributed by atoms with Crippen LogP contribution in [0.25, 0.3) is 0 Å². The fraction of sp³-hybridized carbons (Fsp3) is 0.533. The van der Waals surface area contributed by atoms with E-state index in [1.54, 1.807) is 6.33 Å². The van der Waals surface area contributed by atoms with Crippen molar-refractivity contribution in [1.29, 1.82) is 0 Å². The molecule has 1 saturated heterocycles. The molecular formula is C15H22N4O. The molecule has 1 aromatic rings. The lowest BCUT2D eigenvalue weighted by molar-refractivity contribution is -0.116. The highest BCUT2D eigenvalue weighted by molar-refractivity contribution is 5.86. The molecule has 2 heterocycles. The summed E-state index contributed by atoms with van der Waals surface area (Å²) in [6.45, 7) is 8.21. The Morgan fingerprint density at radius 1 is 1.60 bits per heavy atom. The summed E-state index contributed by atoms with van der Waals surface area (Å²) in [6.07, 6.45) is 6.14. The van der Waals surface area contributed by atoms with Crippen molar-refractivity contribution in [2.24, 2.45) is 5.92 Å². The lowest BCUT2D eigenvalue weighted by Crippen LogP contribution is -2.41. The molecule has 0 aromatic carbocycles. The SMILES string of the molecule is C=CC(=O)NCC1CCCN(c2cc(CC)ncn2)C1. The molecule has 1 N–H and O–H groups in total. The van der Waals surface area contributed by atoms with Crippen LogP contribution in [0.2, 0.25) is 0 Å². The Morgan fingerprint density at radius 3 is 3.20 bits per heavy atom. The van der Waals surface area contributed by atoms with Crippen LogP contribution in [-0.4, -0.2) is 35.5 Å². The molecule has 5 heteroatoms. The molecule has 108 valence electrons. The Morgan fingerprint density at radius 2 is 2.45 bits per heavy atom. The molecule has 20 heavy (non-hydrogen) atoms. The second-order valence-corrected chi connectivity index (χ2v) is 5.12. The number of aryl methyl sites for hydroxylation is 1. The Balaban J connectivity index is 1.95. The molecule has 0 aliphatic carbocycles. The monoisotopic (exact) mass is 274 g/mol. The lowest BCUT2D eigenvalue weighted by atomic mass is 9.98. The van der Waals surface area contributed by atoms with Crippen LogP contribution >= 0.6 is 0 Å². The second kappa shape index (κ2) is 7.03. The molecule has 1 unspecified atom stereocenters. The molecule has 5 nitrogen and oxygen atoms in total. The summed E-state index contributed by atoms with van der Waals surface area (Å²) in [6, 6.07) is 2.06. The summed E-state index contributed by atoms with van der Waals surface area (Å²) in [4.78, 5) is 22.1. The summed E-state index contributed by atoms with van der Waals surface area (Å²) in [5, 5.41) is 2.88. The van der Waals surface area contributed by atoms with Gasteiger partial charge >= 0.3 is 0 Å². The normalized spacial score (nSPS) is 18.6. The zero-order valence-electron chi connectivity index (χ0n) is 12.0. The number of nitrogens with zero attached hydrogens (tertiary/aromatic N) is 3. The van der Waals surface area contributed by atoms with Crippen molar-refractivity contribution in [2.45, 2.75) is 26.2 Å². The largest absolute Gasteiger partial charge is 0.356 e. The fourth-order valence-electron chi connectivity index (χ4n) is 2.51. The van der Waals surface area contributed by atoms with Crippen LogP contribution in [0.1, 0.15) is 25.5 Å². The van der Waals surface area contributed by atoms with Crippen molar-refractivity contribution in [1.82, 2.24) is 15.3 Å². The number of nitrogens with one attached hydrogen (secondary N) is 1. The minimum atomic E-state index is -0.0996. The van der Waals surface area contributed by atoms with Crippen molar-refractivity contribution >= 4 is 11.7 Å². The Labute approximate surface area is 120 Å². The van der Waals surface area contributed by atoms with Crippen LogP contribution < -0.4 is 10.2 Å². The van der Waals surface area contributed by atoms with Crippen LogP contribution in [0, 0.1) is 5.92 Å². The number of carbonyl (C=O) groups excluding carboxylic acids is 1. The van der Waals surface area contributed by atoms with E-state index < -0.39 is 0 Å². The average molecular weight is 274 g/mol. The minimum absolute atomic E-state index is 0.0996. The molecule has 1 aliphatic rings. The number of hydrogen-bond acceptors (Lipinski definition) is 4. The zero-order valence-corrected chi connectivity index (χ0v) is 12.0. The van der Waals surface area contributed by atoms with Gasteiger partial charge in [0.25, 0.3) is 0 Å². The van der Waals surface area contributed by atoms with E-state index >= 15 is 0 Å². The third-order valence-electron chi connectivity index (χ3n) is 3.66. The van der Waals surface area contributed by atoms with Gasteiger partial charge in [-0.15, -0.1) is 0 Å². The van der Waals surface area contributed by atoms with Gasteiger partial charge < -0.3 is 10.2 Å². The van der Waals surface area contributed by atoms with E-state index in [0.717, 1.165) is 43.9 Å². The first-order chi connectivity index (χ1) is 9.72. The maximum absolute atomic E-state index is 11.2. The number of hydrogen-bond donors (Lipinski definition) is 1. The van der Waals surface area contributed by atoms with Gasteiger partial charge in [-0.1, -0.05) is 13.5 Å². The number of amides is 1. The summed E-state index contributed by atoms with van der Waals surface area (Å²) in [7, 11) is 0. The maximum atomic E-state index is 11.2. The van der Waals surface area contributed by atoms with Gasteiger partial charge in [0.05, 0.1) is 0 Å². The number of piperidine rings is 1. The lowest BCUT2D eigenvalue weighted by Gasteiger charge is -2.33. The van der Waals surface area contributed by atoms with E-state index in [4.69, 9.17) is 0 Å². The van der Waals surface area contributed by atoms with Crippen LogP contribution in [0.5, 0.6) is 0 Å². The molecular weight excluding hydrogens is 252 g/mol. The summed E-state index contributed by atoms with van der Waals surface area (Å²) >= 11 is 0. The summed E-state index contributed by atoms with van der Waals surface area (Å²) < 4.78 is 0. The predicted molar refractivity (Wildman–Crippen MR) is 79.6 cm³/mol. The highest BCUT2D eigenvalue weighted by Gasteiger charge is 2.21. The molecule has 1 aliphatic heterocycles. The molecule has 0 spiro atoms. The van der Waals surface area contributed by atoms with Gasteiger partial charge in [-0.25, -0.2) is 9.97 Å². The molecule has 0 saturated carbocycles. The highest BCUT2D eigenvalue weighted by Crippen LogP contribution is 2.21. The third-order valence-corrected chi connectivity index (χ3v) is 3.66. The molecule has 0 bridgehead atoms. The van der Waals surface area contributed by atoms with E-state index in [-0.39, 0.29) is 5.91 Å². The summed E-state index contributed by atoms with van der Waals surface area (Å²) in [5.74, 6) is 1.36. The number of carbonyl (C=O) groups is 1. The fourth-order valence-corrected chi connectivity index (χ4v) is 2.51. The van der Waals surface area contributed by atoms with Gasteiger partial charge in [0.15, 0.2) is 0 Å². The quantitative estimate of drug-likeness (QED) is 0.828. The van der Waals surface area contributed by atoms with E-state index in [9.17, 15) is 4.79 Å². The number of anilines is 1. The summed E-state index contributed by atoms with van der Waals surface area (Å²) in [5.41, 5.74) is 1.07. The van der Waals surface area contributed by atoms with Gasteiger partial charge in [-0.3, -0.25) is 4.79 Å². The van der Waals surface area contributed by atoms with E-state index in [1.165, 1.54) is 6.08 Å². The van der Waals surface area contributed by atoms with Crippen LogP contribution in [0.3, 0.4) is 0 Å². The Bertz CT molecular complexity index is 475. The zero-order chi connectivity index (χ0) is 14.4. The maximum Gasteiger partial charge on any atom is 0.243 e.